The summed E-state index contributed by atoms with van der Waals surface area (Å²) in [4.78, 5) is 14.9. The van der Waals surface area contributed by atoms with Gasteiger partial charge in [0.05, 0.1) is 0 Å². The van der Waals surface area contributed by atoms with E-state index in [2.05, 4.69) is 91.0 Å². The molecule has 3 heterocycles. The zero-order valence-electron chi connectivity index (χ0n) is 22.3. The van der Waals surface area contributed by atoms with Crippen molar-refractivity contribution in [3.8, 4) is 34.2 Å². The molecule has 9 rings (SSSR count). The molecule has 0 atom stereocenters. The van der Waals surface area contributed by atoms with Gasteiger partial charge < -0.3 is 4.42 Å². The van der Waals surface area contributed by atoms with Gasteiger partial charge in [0, 0.05) is 47.6 Å². The lowest BCUT2D eigenvalue weighted by Gasteiger charge is -2.08. The molecule has 5 heteroatoms. The number of aromatic nitrogens is 3. The van der Waals surface area contributed by atoms with Crippen LogP contribution in [0.25, 0.3) is 87.0 Å². The molecule has 196 valence electrons. The first-order chi connectivity index (χ1) is 20.8. The number of thiophene rings is 1. The molecule has 42 heavy (non-hydrogen) atoms. The molecule has 0 N–H and O–H groups in total. The Morgan fingerprint density at radius 2 is 1.02 bits per heavy atom. The van der Waals surface area contributed by atoms with E-state index in [1.54, 1.807) is 11.3 Å². The van der Waals surface area contributed by atoms with Crippen molar-refractivity contribution < 1.29 is 4.42 Å². The molecule has 0 saturated heterocycles. The topological polar surface area (TPSA) is 51.8 Å². The highest BCUT2D eigenvalue weighted by molar-refractivity contribution is 7.25. The van der Waals surface area contributed by atoms with Gasteiger partial charge in [-0.15, -0.1) is 11.3 Å². The second kappa shape index (κ2) is 9.06. The van der Waals surface area contributed by atoms with Gasteiger partial charge in [-0.25, -0.2) is 15.0 Å². The molecule has 0 aliphatic carbocycles. The Morgan fingerprint density at radius 3 is 1.86 bits per heavy atom. The maximum Gasteiger partial charge on any atom is 0.164 e. The summed E-state index contributed by atoms with van der Waals surface area (Å²) in [5.74, 6) is 1.90. The van der Waals surface area contributed by atoms with Gasteiger partial charge in [-0.2, -0.15) is 0 Å². The average Bonchev–Trinajstić information content (AvgIpc) is 3.60. The van der Waals surface area contributed by atoms with E-state index in [1.165, 1.54) is 25.6 Å². The minimum absolute atomic E-state index is 0.613. The van der Waals surface area contributed by atoms with Crippen molar-refractivity contribution in [3.63, 3.8) is 0 Å². The molecule has 0 unspecified atom stereocenters. The zero-order valence-corrected chi connectivity index (χ0v) is 23.1. The first-order valence-corrected chi connectivity index (χ1v) is 14.7. The molecule has 0 fully saturated rings. The second-order valence-electron chi connectivity index (χ2n) is 10.5. The third-order valence-corrected chi connectivity index (χ3v) is 9.05. The molecule has 0 saturated carbocycles. The molecule has 9 aromatic rings. The lowest BCUT2D eigenvalue weighted by molar-refractivity contribution is 0.669. The summed E-state index contributed by atoms with van der Waals surface area (Å²) in [6.45, 7) is 0. The van der Waals surface area contributed by atoms with Crippen molar-refractivity contribution in [1.82, 2.24) is 15.0 Å². The first kappa shape index (κ1) is 23.3. The maximum atomic E-state index is 6.36. The predicted molar refractivity (Wildman–Crippen MR) is 174 cm³/mol. The van der Waals surface area contributed by atoms with Crippen LogP contribution in [-0.4, -0.2) is 15.0 Å². The van der Waals surface area contributed by atoms with Gasteiger partial charge >= 0.3 is 0 Å². The highest BCUT2D eigenvalue weighted by Gasteiger charge is 2.16. The number of nitrogens with zero attached hydrogens (tertiary/aromatic N) is 3. The molecule has 0 aliphatic heterocycles. The van der Waals surface area contributed by atoms with Crippen LogP contribution in [0, 0.1) is 0 Å². The van der Waals surface area contributed by atoms with Crippen LogP contribution in [0.5, 0.6) is 0 Å². The second-order valence-corrected chi connectivity index (χ2v) is 11.6. The van der Waals surface area contributed by atoms with E-state index >= 15 is 0 Å². The third-order valence-electron chi connectivity index (χ3n) is 7.90. The average molecular weight is 556 g/mol. The summed E-state index contributed by atoms with van der Waals surface area (Å²) >= 11 is 1.81. The minimum atomic E-state index is 0.613. The fourth-order valence-corrected chi connectivity index (χ4v) is 6.90. The van der Waals surface area contributed by atoms with Crippen LogP contribution in [0.2, 0.25) is 0 Å². The van der Waals surface area contributed by atoms with E-state index < -0.39 is 0 Å². The summed E-state index contributed by atoms with van der Waals surface area (Å²) in [7, 11) is 0. The van der Waals surface area contributed by atoms with Crippen LogP contribution in [0.1, 0.15) is 0 Å². The maximum absolute atomic E-state index is 6.36. The number of furan rings is 1. The van der Waals surface area contributed by atoms with Crippen molar-refractivity contribution in [2.75, 3.05) is 0 Å². The normalized spacial score (nSPS) is 11.8. The molecule has 0 bridgehead atoms. The zero-order chi connectivity index (χ0) is 27.6. The van der Waals surface area contributed by atoms with Crippen molar-refractivity contribution in [1.29, 1.82) is 0 Å². The van der Waals surface area contributed by atoms with Gasteiger partial charge in [-0.05, 0) is 59.3 Å². The number of benzene rings is 6. The Kier molecular flexibility index (Phi) is 5.03. The van der Waals surface area contributed by atoms with Gasteiger partial charge in [-0.1, -0.05) is 78.9 Å². The summed E-state index contributed by atoms with van der Waals surface area (Å²) in [5.41, 5.74) is 4.48. The largest absolute Gasteiger partial charge is 0.456 e. The summed E-state index contributed by atoms with van der Waals surface area (Å²) < 4.78 is 8.89. The van der Waals surface area contributed by atoms with Crippen LogP contribution < -0.4 is 0 Å². The molecule has 4 nitrogen and oxygen atoms in total. The highest BCUT2D eigenvalue weighted by Crippen LogP contribution is 2.37. The van der Waals surface area contributed by atoms with Gasteiger partial charge in [0.1, 0.15) is 11.2 Å². The monoisotopic (exact) mass is 555 g/mol. The Morgan fingerprint density at radius 1 is 0.405 bits per heavy atom. The Bertz CT molecular complexity index is 2480. The summed E-state index contributed by atoms with van der Waals surface area (Å²) in [6.07, 6.45) is 0. The van der Waals surface area contributed by atoms with E-state index in [-0.39, 0.29) is 0 Å². The first-order valence-electron chi connectivity index (χ1n) is 13.9. The van der Waals surface area contributed by atoms with Crippen molar-refractivity contribution in [2.45, 2.75) is 0 Å². The van der Waals surface area contributed by atoms with Crippen LogP contribution >= 0.6 is 11.3 Å². The molecular weight excluding hydrogens is 534 g/mol. The van der Waals surface area contributed by atoms with E-state index in [0.29, 0.717) is 17.5 Å². The smallest absolute Gasteiger partial charge is 0.164 e. The lowest BCUT2D eigenvalue weighted by Crippen LogP contribution is -2.00. The van der Waals surface area contributed by atoms with E-state index in [0.717, 1.165) is 44.0 Å². The number of rotatable bonds is 3. The number of fused-ring (bicyclic) bond motifs is 7. The molecule has 6 aromatic carbocycles. The van der Waals surface area contributed by atoms with Crippen LogP contribution in [0.4, 0.5) is 0 Å². The van der Waals surface area contributed by atoms with E-state index in [9.17, 15) is 0 Å². The molecule has 0 amide bonds. The SMILES string of the molecule is c1ccc(-c2nc(-c3ccc4c(c3)oc3cc5ccccc5cc34)nc(-c3ccc4sc5ccccc5c4c3)n2)cc1. The van der Waals surface area contributed by atoms with Crippen LogP contribution in [0.15, 0.2) is 132 Å². The van der Waals surface area contributed by atoms with Crippen molar-refractivity contribution >= 4 is 64.2 Å². The summed E-state index contributed by atoms with van der Waals surface area (Å²) in [5, 5.41) is 7.00. The Hall–Kier alpha value is -5.39. The van der Waals surface area contributed by atoms with Crippen molar-refractivity contribution in [2.24, 2.45) is 0 Å². The molecule has 0 aliphatic rings. The van der Waals surface area contributed by atoms with E-state index in [1.807, 2.05) is 36.4 Å². The molecular formula is C37H21N3OS. The number of hydrogen-bond acceptors (Lipinski definition) is 5. The predicted octanol–water partition coefficient (Wildman–Crippen LogP) is 10.3. The van der Waals surface area contributed by atoms with Crippen LogP contribution in [0.3, 0.4) is 0 Å². The highest BCUT2D eigenvalue weighted by atomic mass is 32.1. The molecule has 0 spiro atoms. The Balaban J connectivity index is 1.24. The number of hydrogen-bond donors (Lipinski definition) is 0. The van der Waals surface area contributed by atoms with Gasteiger partial charge in [0.25, 0.3) is 0 Å². The quantitative estimate of drug-likeness (QED) is 0.218. The minimum Gasteiger partial charge on any atom is -0.456 e. The van der Waals surface area contributed by atoms with Crippen LogP contribution in [-0.2, 0) is 0 Å². The standard InChI is InChI=1S/C37H21N3OS/c1-2-8-22(9-3-1)35-38-36(25-15-17-34-30(19-25)28-12-6-7-13-33(28)42-34)40-37(39-35)26-14-16-27-29-18-23-10-4-5-11-24(23)20-32(29)41-31(27)21-26/h1-21H. The fourth-order valence-electron chi connectivity index (χ4n) is 5.82. The molecule has 0 radical (unpaired) electrons. The van der Waals surface area contributed by atoms with Gasteiger partial charge in [-0.3, -0.25) is 0 Å². The molecule has 3 aromatic heterocycles. The van der Waals surface area contributed by atoms with Gasteiger partial charge in [0.15, 0.2) is 17.5 Å². The van der Waals surface area contributed by atoms with Crippen molar-refractivity contribution in [3.05, 3.63) is 127 Å². The Labute approximate surface area is 244 Å². The lowest BCUT2D eigenvalue weighted by atomic mass is 10.1. The van der Waals surface area contributed by atoms with Gasteiger partial charge in [0.2, 0.25) is 0 Å². The van der Waals surface area contributed by atoms with E-state index in [4.69, 9.17) is 19.4 Å². The third kappa shape index (κ3) is 3.71. The summed E-state index contributed by atoms with van der Waals surface area (Å²) in [6, 6.07) is 44.0. The fraction of sp³-hybridized carbons (Fsp3) is 0.